The van der Waals surface area contributed by atoms with Gasteiger partial charge >= 0.3 is 0 Å². The Morgan fingerprint density at radius 2 is 2.33 bits per heavy atom. The smallest absolute Gasteiger partial charge is 0.101 e. The van der Waals surface area contributed by atoms with Crippen LogP contribution < -0.4 is 10.6 Å². The van der Waals surface area contributed by atoms with Crippen LogP contribution in [0.25, 0.3) is 10.9 Å². The summed E-state index contributed by atoms with van der Waals surface area (Å²) >= 11 is 0. The van der Waals surface area contributed by atoms with Crippen molar-refractivity contribution < 1.29 is 0 Å². The van der Waals surface area contributed by atoms with E-state index in [-0.39, 0.29) is 0 Å². The van der Waals surface area contributed by atoms with Crippen molar-refractivity contribution in [2.75, 3.05) is 18.4 Å². The Hall–Kier alpha value is -2.12. The molecule has 0 bridgehead atoms. The molecule has 90 valence electrons. The van der Waals surface area contributed by atoms with Crippen LogP contribution >= 0.6 is 0 Å². The Labute approximate surface area is 106 Å². The molecule has 0 spiro atoms. The fourth-order valence-electron chi connectivity index (χ4n) is 2.29. The molecule has 1 atom stereocenters. The molecule has 1 aromatic heterocycles. The van der Waals surface area contributed by atoms with Gasteiger partial charge in [0.1, 0.15) is 6.07 Å². The van der Waals surface area contributed by atoms with Gasteiger partial charge in [-0.2, -0.15) is 5.26 Å². The van der Waals surface area contributed by atoms with Gasteiger partial charge in [0.2, 0.25) is 0 Å². The summed E-state index contributed by atoms with van der Waals surface area (Å²) in [6.45, 7) is 2.09. The quantitative estimate of drug-likeness (QED) is 0.838. The van der Waals surface area contributed by atoms with E-state index in [1.807, 2.05) is 24.3 Å². The lowest BCUT2D eigenvalue weighted by molar-refractivity contribution is 0.793. The minimum Gasteiger partial charge on any atom is -0.381 e. The van der Waals surface area contributed by atoms with E-state index in [2.05, 4.69) is 21.7 Å². The van der Waals surface area contributed by atoms with E-state index >= 15 is 0 Å². The summed E-state index contributed by atoms with van der Waals surface area (Å²) in [5, 5.41) is 16.7. The molecule has 0 radical (unpaired) electrons. The van der Waals surface area contributed by atoms with Gasteiger partial charge in [0.15, 0.2) is 0 Å². The first-order valence-electron chi connectivity index (χ1n) is 6.12. The molecule has 1 aliphatic rings. The number of anilines is 1. The van der Waals surface area contributed by atoms with E-state index in [9.17, 15) is 0 Å². The summed E-state index contributed by atoms with van der Waals surface area (Å²) in [7, 11) is 0. The predicted molar refractivity (Wildman–Crippen MR) is 71.4 cm³/mol. The number of benzene rings is 1. The topological polar surface area (TPSA) is 60.7 Å². The molecule has 1 aliphatic heterocycles. The third-order valence-corrected chi connectivity index (χ3v) is 3.24. The summed E-state index contributed by atoms with van der Waals surface area (Å²) in [6.07, 6.45) is 2.77. The van der Waals surface area contributed by atoms with Crippen LogP contribution in [0.5, 0.6) is 0 Å². The third-order valence-electron chi connectivity index (χ3n) is 3.24. The zero-order chi connectivity index (χ0) is 12.4. The molecule has 2 heterocycles. The molecule has 0 aliphatic carbocycles. The predicted octanol–water partition coefficient (Wildman–Crippen LogP) is 1.88. The number of pyridine rings is 1. The molecule has 0 amide bonds. The molecule has 18 heavy (non-hydrogen) atoms. The van der Waals surface area contributed by atoms with Crippen LogP contribution in [0.15, 0.2) is 30.5 Å². The van der Waals surface area contributed by atoms with E-state index in [4.69, 9.17) is 5.26 Å². The fourth-order valence-corrected chi connectivity index (χ4v) is 2.29. The molecule has 2 aromatic rings. The second-order valence-corrected chi connectivity index (χ2v) is 4.58. The highest BCUT2D eigenvalue weighted by Crippen LogP contribution is 2.19. The molecule has 0 saturated carbocycles. The molecular weight excluding hydrogens is 224 g/mol. The van der Waals surface area contributed by atoms with Crippen LogP contribution in [0.4, 0.5) is 5.69 Å². The highest BCUT2D eigenvalue weighted by molar-refractivity contribution is 5.83. The van der Waals surface area contributed by atoms with E-state index < -0.39 is 0 Å². The first-order valence-corrected chi connectivity index (χ1v) is 6.12. The number of fused-ring (bicyclic) bond motifs is 1. The Kier molecular flexibility index (Phi) is 2.83. The first kappa shape index (κ1) is 11.0. The van der Waals surface area contributed by atoms with Crippen LogP contribution in [-0.2, 0) is 0 Å². The number of hydrogen-bond acceptors (Lipinski definition) is 4. The maximum Gasteiger partial charge on any atom is 0.101 e. The number of hydrogen-bond donors (Lipinski definition) is 2. The summed E-state index contributed by atoms with van der Waals surface area (Å²) in [5.74, 6) is 0. The summed E-state index contributed by atoms with van der Waals surface area (Å²) in [4.78, 5) is 4.31. The van der Waals surface area contributed by atoms with Gasteiger partial charge in [-0.25, -0.2) is 0 Å². The van der Waals surface area contributed by atoms with Crippen molar-refractivity contribution in [3.8, 4) is 6.07 Å². The third kappa shape index (κ3) is 2.13. The summed E-state index contributed by atoms with van der Waals surface area (Å²) < 4.78 is 0. The summed E-state index contributed by atoms with van der Waals surface area (Å²) in [5.41, 5.74) is 2.61. The second kappa shape index (κ2) is 4.63. The van der Waals surface area contributed by atoms with Crippen LogP contribution in [0.2, 0.25) is 0 Å². The van der Waals surface area contributed by atoms with E-state index in [1.165, 1.54) is 0 Å². The Morgan fingerprint density at radius 1 is 1.39 bits per heavy atom. The molecule has 1 aromatic carbocycles. The molecule has 4 heteroatoms. The molecule has 2 N–H and O–H groups in total. The van der Waals surface area contributed by atoms with Crippen molar-refractivity contribution in [3.05, 3.63) is 36.0 Å². The van der Waals surface area contributed by atoms with Crippen LogP contribution in [0, 0.1) is 11.3 Å². The maximum absolute atomic E-state index is 8.83. The van der Waals surface area contributed by atoms with E-state index in [0.29, 0.717) is 11.6 Å². The molecule has 1 fully saturated rings. The molecule has 1 unspecified atom stereocenters. The van der Waals surface area contributed by atoms with Gasteiger partial charge in [0.05, 0.1) is 11.1 Å². The van der Waals surface area contributed by atoms with Crippen LogP contribution in [-0.4, -0.2) is 24.1 Å². The first-order chi connectivity index (χ1) is 8.85. The number of nitrogens with zero attached hydrogens (tertiary/aromatic N) is 2. The minimum atomic E-state index is 0.501. The minimum absolute atomic E-state index is 0.501. The van der Waals surface area contributed by atoms with Crippen molar-refractivity contribution in [2.24, 2.45) is 0 Å². The second-order valence-electron chi connectivity index (χ2n) is 4.58. The van der Waals surface area contributed by atoms with Gasteiger partial charge in [-0.1, -0.05) is 6.07 Å². The Bertz CT molecular complexity index is 609. The van der Waals surface area contributed by atoms with Gasteiger partial charge in [0, 0.05) is 29.9 Å². The SMILES string of the molecule is N#Cc1cnc2cc(NC3CCNC3)ccc2c1. The zero-order valence-corrected chi connectivity index (χ0v) is 9.98. The average molecular weight is 238 g/mol. The zero-order valence-electron chi connectivity index (χ0n) is 9.98. The van der Waals surface area contributed by atoms with Crippen molar-refractivity contribution in [3.63, 3.8) is 0 Å². The molecule has 1 saturated heterocycles. The Morgan fingerprint density at radius 3 is 3.11 bits per heavy atom. The van der Waals surface area contributed by atoms with Crippen molar-refractivity contribution >= 4 is 16.6 Å². The van der Waals surface area contributed by atoms with E-state index in [0.717, 1.165) is 36.1 Å². The lowest BCUT2D eigenvalue weighted by Crippen LogP contribution is -2.21. The van der Waals surface area contributed by atoms with Crippen molar-refractivity contribution in [1.29, 1.82) is 5.26 Å². The largest absolute Gasteiger partial charge is 0.381 e. The monoisotopic (exact) mass is 238 g/mol. The molecule has 3 rings (SSSR count). The van der Waals surface area contributed by atoms with Crippen LogP contribution in [0.1, 0.15) is 12.0 Å². The number of nitriles is 1. The molecule has 4 nitrogen and oxygen atoms in total. The highest BCUT2D eigenvalue weighted by Gasteiger charge is 2.13. The van der Waals surface area contributed by atoms with Gasteiger partial charge in [0.25, 0.3) is 0 Å². The number of rotatable bonds is 2. The van der Waals surface area contributed by atoms with E-state index in [1.54, 1.807) is 6.20 Å². The maximum atomic E-state index is 8.83. The lowest BCUT2D eigenvalue weighted by Gasteiger charge is -2.13. The normalized spacial score (nSPS) is 18.7. The Balaban J connectivity index is 1.89. The van der Waals surface area contributed by atoms with Gasteiger partial charge in [-0.15, -0.1) is 0 Å². The van der Waals surface area contributed by atoms with Crippen LogP contribution in [0.3, 0.4) is 0 Å². The number of aromatic nitrogens is 1. The van der Waals surface area contributed by atoms with Crippen molar-refractivity contribution in [2.45, 2.75) is 12.5 Å². The van der Waals surface area contributed by atoms with Crippen molar-refractivity contribution in [1.82, 2.24) is 10.3 Å². The fraction of sp³-hybridized carbons (Fsp3) is 0.286. The molecular formula is C14H14N4. The van der Waals surface area contributed by atoms with Gasteiger partial charge < -0.3 is 10.6 Å². The lowest BCUT2D eigenvalue weighted by atomic mass is 10.1. The number of nitrogens with one attached hydrogen (secondary N) is 2. The average Bonchev–Trinajstić information content (AvgIpc) is 2.91. The summed E-state index contributed by atoms with van der Waals surface area (Å²) in [6, 6.07) is 10.6. The standard InChI is InChI=1S/C14H14N4/c15-7-10-5-11-1-2-12(6-14(11)17-8-10)18-13-3-4-16-9-13/h1-2,5-6,8,13,16,18H,3-4,9H2. The van der Waals surface area contributed by atoms with Gasteiger partial charge in [-0.05, 0) is 31.2 Å². The highest BCUT2D eigenvalue weighted by atomic mass is 15.0. The van der Waals surface area contributed by atoms with Gasteiger partial charge in [-0.3, -0.25) is 4.98 Å².